The second-order valence-corrected chi connectivity index (χ2v) is 8.14. The number of halogens is 4. The van der Waals surface area contributed by atoms with E-state index in [9.17, 15) is 31.9 Å². The van der Waals surface area contributed by atoms with Gasteiger partial charge in [-0.05, 0) is 50.0 Å². The predicted molar refractivity (Wildman–Crippen MR) is 127 cm³/mol. The number of benzene rings is 2. The number of alkyl halides is 3. The van der Waals surface area contributed by atoms with Gasteiger partial charge in [-0.3, -0.25) is 9.59 Å². The van der Waals surface area contributed by atoms with Gasteiger partial charge in [0.15, 0.2) is 5.78 Å². The molecule has 2 aromatic carbocycles. The number of carbonyl (C=O) groups excluding carboxylic acids is 3. The number of hydrogen-bond donors (Lipinski definition) is 4. The normalized spacial score (nSPS) is 11.3. The number of Topliss-reactive ketones (excluding diaryl/α,β-unsaturated/α-hetero) is 1. The maximum atomic E-state index is 13.9. The van der Waals surface area contributed by atoms with Gasteiger partial charge >= 0.3 is 12.2 Å². The summed E-state index contributed by atoms with van der Waals surface area (Å²) in [5, 5.41) is 7.21. The number of hydrogen-bond acceptors (Lipinski definition) is 4. The first-order valence-electron chi connectivity index (χ1n) is 10.6. The summed E-state index contributed by atoms with van der Waals surface area (Å²) < 4.78 is 52.5. The van der Waals surface area contributed by atoms with Crippen molar-refractivity contribution in [1.82, 2.24) is 9.88 Å². The van der Waals surface area contributed by atoms with Gasteiger partial charge in [-0.2, -0.15) is 13.2 Å². The van der Waals surface area contributed by atoms with E-state index in [-0.39, 0.29) is 29.6 Å². The zero-order valence-electron chi connectivity index (χ0n) is 19.5. The van der Waals surface area contributed by atoms with Crippen LogP contribution in [0.1, 0.15) is 23.0 Å². The van der Waals surface area contributed by atoms with Crippen molar-refractivity contribution in [3.05, 3.63) is 65.7 Å². The van der Waals surface area contributed by atoms with Gasteiger partial charge in [0.25, 0.3) is 0 Å². The van der Waals surface area contributed by atoms with Crippen molar-refractivity contribution in [1.29, 1.82) is 0 Å². The number of ketones is 1. The van der Waals surface area contributed by atoms with Crippen molar-refractivity contribution in [2.45, 2.75) is 13.1 Å². The second-order valence-electron chi connectivity index (χ2n) is 8.14. The second kappa shape index (κ2) is 10.6. The van der Waals surface area contributed by atoms with E-state index in [4.69, 9.17) is 0 Å². The quantitative estimate of drug-likeness (QED) is 0.262. The van der Waals surface area contributed by atoms with Crippen LogP contribution in [0, 0.1) is 5.82 Å². The van der Waals surface area contributed by atoms with Crippen molar-refractivity contribution in [3.8, 4) is 11.1 Å². The zero-order valence-corrected chi connectivity index (χ0v) is 19.5. The Hall–Kier alpha value is -4.19. The van der Waals surface area contributed by atoms with E-state index in [0.29, 0.717) is 35.0 Å². The summed E-state index contributed by atoms with van der Waals surface area (Å²) >= 11 is 0. The number of urea groups is 1. The molecule has 3 rings (SSSR count). The molecular formula is C24H23F4N5O3. The van der Waals surface area contributed by atoms with Crippen molar-refractivity contribution in [2.24, 2.45) is 0 Å². The molecule has 4 N–H and O–H groups in total. The number of likely N-dealkylation sites (N-methyl/N-ethyl adjacent to an activating group) is 1. The first-order chi connectivity index (χ1) is 16.8. The van der Waals surface area contributed by atoms with E-state index in [2.05, 4.69) is 20.9 Å². The molecule has 190 valence electrons. The Morgan fingerprint density at radius 2 is 1.61 bits per heavy atom. The third kappa shape index (κ3) is 6.48. The lowest BCUT2D eigenvalue weighted by molar-refractivity contribution is -0.137. The molecular weight excluding hydrogens is 482 g/mol. The number of H-pyrrole nitrogens is 1. The molecule has 1 heterocycles. The topological polar surface area (TPSA) is 106 Å². The molecule has 8 nitrogen and oxygen atoms in total. The summed E-state index contributed by atoms with van der Waals surface area (Å²) in [5.41, 5.74) is 0.189. The summed E-state index contributed by atoms with van der Waals surface area (Å²) in [5.74, 6) is -1.57. The summed E-state index contributed by atoms with van der Waals surface area (Å²) in [6.07, 6.45) is -3.19. The number of nitrogens with zero attached hydrogens (tertiary/aromatic N) is 1. The minimum absolute atomic E-state index is 0.129. The molecule has 0 aliphatic carbocycles. The molecule has 36 heavy (non-hydrogen) atoms. The van der Waals surface area contributed by atoms with Crippen LogP contribution in [0.2, 0.25) is 0 Å². The molecule has 12 heteroatoms. The van der Waals surface area contributed by atoms with Gasteiger partial charge in [-0.25, -0.2) is 9.18 Å². The molecule has 0 radical (unpaired) electrons. The van der Waals surface area contributed by atoms with Gasteiger partial charge in [0, 0.05) is 24.4 Å². The molecule has 1 aromatic heterocycles. The predicted octanol–water partition coefficient (Wildman–Crippen LogP) is 5.19. The maximum absolute atomic E-state index is 13.9. The average molecular weight is 505 g/mol. The Balaban J connectivity index is 1.78. The van der Waals surface area contributed by atoms with Crippen LogP contribution in [0.5, 0.6) is 0 Å². The van der Waals surface area contributed by atoms with Crippen LogP contribution < -0.4 is 16.0 Å². The third-order valence-electron chi connectivity index (χ3n) is 4.94. The summed E-state index contributed by atoms with van der Waals surface area (Å²) in [6, 6.07) is 6.87. The first-order valence-corrected chi connectivity index (χ1v) is 10.6. The fourth-order valence-electron chi connectivity index (χ4n) is 3.38. The maximum Gasteiger partial charge on any atom is 0.416 e. The van der Waals surface area contributed by atoms with E-state index >= 15 is 0 Å². The van der Waals surface area contributed by atoms with E-state index < -0.39 is 29.3 Å². The van der Waals surface area contributed by atoms with E-state index in [1.807, 2.05) is 0 Å². The molecule has 0 saturated carbocycles. The number of amides is 3. The van der Waals surface area contributed by atoms with E-state index in [1.54, 1.807) is 31.1 Å². The Bertz CT molecular complexity index is 1280. The lowest BCUT2D eigenvalue weighted by Gasteiger charge is -2.13. The van der Waals surface area contributed by atoms with Crippen LogP contribution in [0.4, 0.5) is 39.4 Å². The third-order valence-corrected chi connectivity index (χ3v) is 4.94. The summed E-state index contributed by atoms with van der Waals surface area (Å²) in [7, 11) is 3.48. The number of anilines is 3. The van der Waals surface area contributed by atoms with Crippen LogP contribution in [0.15, 0.2) is 48.7 Å². The van der Waals surface area contributed by atoms with Gasteiger partial charge in [0.05, 0.1) is 29.2 Å². The standard InChI is InChI=1S/C24H23F4N5O3/c1-13(34)22-21(19(11-29-22)31-20(35)12-33(2)3)14-4-7-16(8-5-14)30-23(36)32-18-10-15(24(26,27)28)6-9-17(18)25/h4-11,29H,12H2,1-3H3,(H,31,35)(H2,30,32,36). The van der Waals surface area contributed by atoms with Crippen LogP contribution in [0.25, 0.3) is 11.1 Å². The van der Waals surface area contributed by atoms with Crippen molar-refractivity contribution in [3.63, 3.8) is 0 Å². The highest BCUT2D eigenvalue weighted by atomic mass is 19.4. The smallest absolute Gasteiger partial charge is 0.356 e. The molecule has 0 aliphatic heterocycles. The number of aromatic amines is 1. The number of carbonyl (C=O) groups is 3. The highest BCUT2D eigenvalue weighted by Gasteiger charge is 2.31. The largest absolute Gasteiger partial charge is 0.416 e. The highest BCUT2D eigenvalue weighted by molar-refractivity contribution is 6.06. The fraction of sp³-hybridized carbons (Fsp3) is 0.208. The number of aromatic nitrogens is 1. The van der Waals surface area contributed by atoms with E-state index in [0.717, 1.165) is 0 Å². The fourth-order valence-corrected chi connectivity index (χ4v) is 3.38. The van der Waals surface area contributed by atoms with Crippen LogP contribution in [0.3, 0.4) is 0 Å². The molecule has 0 bridgehead atoms. The lowest BCUT2D eigenvalue weighted by Crippen LogP contribution is -2.27. The minimum Gasteiger partial charge on any atom is -0.356 e. The highest BCUT2D eigenvalue weighted by Crippen LogP contribution is 2.34. The van der Waals surface area contributed by atoms with Gasteiger partial charge in [0.2, 0.25) is 5.91 Å². The monoisotopic (exact) mass is 505 g/mol. The zero-order chi connectivity index (χ0) is 26.6. The van der Waals surface area contributed by atoms with Crippen molar-refractivity contribution < 1.29 is 31.9 Å². The van der Waals surface area contributed by atoms with Gasteiger partial charge < -0.3 is 25.8 Å². The first kappa shape index (κ1) is 26.4. The Morgan fingerprint density at radius 3 is 2.19 bits per heavy atom. The summed E-state index contributed by atoms with van der Waals surface area (Å²) in [6.45, 7) is 1.50. The SMILES string of the molecule is CC(=O)c1[nH]cc(NC(=O)CN(C)C)c1-c1ccc(NC(=O)Nc2cc(C(F)(F)F)ccc2F)cc1. The number of rotatable bonds is 7. The van der Waals surface area contributed by atoms with Crippen LogP contribution >= 0.6 is 0 Å². The molecule has 0 unspecified atom stereocenters. The molecule has 3 aromatic rings. The molecule has 0 fully saturated rings. The number of nitrogens with one attached hydrogen (secondary N) is 4. The molecule has 3 amide bonds. The van der Waals surface area contributed by atoms with Gasteiger partial charge in [-0.1, -0.05) is 12.1 Å². The van der Waals surface area contributed by atoms with Gasteiger partial charge in [0.1, 0.15) is 5.82 Å². The lowest BCUT2D eigenvalue weighted by atomic mass is 10.0. The van der Waals surface area contributed by atoms with Crippen molar-refractivity contribution >= 4 is 34.8 Å². The molecule has 0 aliphatic rings. The van der Waals surface area contributed by atoms with Crippen LogP contribution in [-0.4, -0.2) is 48.2 Å². The minimum atomic E-state index is -4.70. The average Bonchev–Trinajstić information content (AvgIpc) is 3.18. The Labute approximate surface area is 203 Å². The Kier molecular flexibility index (Phi) is 7.78. The molecule has 0 spiro atoms. The molecule has 0 atom stereocenters. The summed E-state index contributed by atoms with van der Waals surface area (Å²) in [4.78, 5) is 41.1. The Morgan fingerprint density at radius 1 is 0.944 bits per heavy atom. The van der Waals surface area contributed by atoms with Crippen LogP contribution in [-0.2, 0) is 11.0 Å². The van der Waals surface area contributed by atoms with E-state index in [1.165, 1.54) is 25.3 Å². The van der Waals surface area contributed by atoms with Crippen molar-refractivity contribution in [2.75, 3.05) is 36.6 Å². The van der Waals surface area contributed by atoms with Gasteiger partial charge in [-0.15, -0.1) is 0 Å². The molecule has 0 saturated heterocycles.